The Morgan fingerprint density at radius 1 is 1.34 bits per heavy atom. The van der Waals surface area contributed by atoms with Gasteiger partial charge in [-0.1, -0.05) is 18.5 Å². The first kappa shape index (κ1) is 21.8. The van der Waals surface area contributed by atoms with E-state index in [1.165, 1.54) is 12.1 Å². The van der Waals surface area contributed by atoms with Gasteiger partial charge in [-0.25, -0.2) is 9.18 Å². The lowest BCUT2D eigenvalue weighted by Crippen LogP contribution is -2.49. The summed E-state index contributed by atoms with van der Waals surface area (Å²) in [6.07, 6.45) is 2.73. The van der Waals surface area contributed by atoms with Crippen molar-refractivity contribution in [3.63, 3.8) is 0 Å². The number of carbonyl (C=O) groups excluding carboxylic acids is 2. The second kappa shape index (κ2) is 9.28. The van der Waals surface area contributed by atoms with Crippen molar-refractivity contribution < 1.29 is 23.8 Å². The van der Waals surface area contributed by atoms with Crippen LogP contribution in [0.5, 0.6) is 0 Å². The standard InChI is InChI=1S/C20H27ClFN3O4/c1-2-23-16-3-5-17(6-4-16)25-8-7-20(28,18(25)26)29-19(27)24-12-13-9-14(21)11-15(22)10-13/h9-11,16-17,23,28H,2-8,12H2,1H3,(H,24,27). The molecule has 1 unspecified atom stereocenters. The summed E-state index contributed by atoms with van der Waals surface area (Å²) in [6, 6.07) is 4.40. The Balaban J connectivity index is 1.51. The van der Waals surface area contributed by atoms with Crippen LogP contribution >= 0.6 is 11.6 Å². The summed E-state index contributed by atoms with van der Waals surface area (Å²) in [5.41, 5.74) is 0.441. The molecule has 1 saturated carbocycles. The number of aliphatic hydroxyl groups is 1. The molecule has 1 aliphatic heterocycles. The first-order valence-corrected chi connectivity index (χ1v) is 10.4. The molecule has 1 aromatic rings. The number of ether oxygens (including phenoxy) is 1. The number of nitrogens with one attached hydrogen (secondary N) is 2. The highest BCUT2D eigenvalue weighted by atomic mass is 35.5. The molecule has 1 heterocycles. The Kier molecular flexibility index (Phi) is 6.97. The zero-order valence-electron chi connectivity index (χ0n) is 16.4. The lowest BCUT2D eigenvalue weighted by Gasteiger charge is -2.35. The van der Waals surface area contributed by atoms with Crippen molar-refractivity contribution in [1.82, 2.24) is 15.5 Å². The summed E-state index contributed by atoms with van der Waals surface area (Å²) >= 11 is 5.78. The minimum Gasteiger partial charge on any atom is -0.407 e. The number of alkyl carbamates (subject to hydrolysis) is 1. The van der Waals surface area contributed by atoms with Crippen molar-refractivity contribution in [2.75, 3.05) is 13.1 Å². The summed E-state index contributed by atoms with van der Waals surface area (Å²) in [6.45, 7) is 3.29. The second-order valence-corrected chi connectivity index (χ2v) is 8.05. The maximum atomic E-state index is 13.4. The molecule has 160 valence electrons. The van der Waals surface area contributed by atoms with Crippen LogP contribution in [0.15, 0.2) is 18.2 Å². The van der Waals surface area contributed by atoms with Gasteiger partial charge >= 0.3 is 6.09 Å². The van der Waals surface area contributed by atoms with Crippen LogP contribution in [0.3, 0.4) is 0 Å². The lowest BCUT2D eigenvalue weighted by molar-refractivity contribution is -0.183. The molecule has 1 aromatic carbocycles. The van der Waals surface area contributed by atoms with Crippen LogP contribution in [0.4, 0.5) is 9.18 Å². The van der Waals surface area contributed by atoms with Gasteiger partial charge < -0.3 is 25.4 Å². The molecule has 2 amide bonds. The molecule has 3 rings (SSSR count). The number of carbonyl (C=O) groups is 2. The van der Waals surface area contributed by atoms with Crippen molar-refractivity contribution in [2.24, 2.45) is 0 Å². The monoisotopic (exact) mass is 427 g/mol. The van der Waals surface area contributed by atoms with Gasteiger partial charge in [0.05, 0.1) is 0 Å². The van der Waals surface area contributed by atoms with Crippen molar-refractivity contribution in [3.8, 4) is 0 Å². The van der Waals surface area contributed by atoms with Crippen LogP contribution in [-0.2, 0) is 16.1 Å². The second-order valence-electron chi connectivity index (χ2n) is 7.62. The van der Waals surface area contributed by atoms with Gasteiger partial charge in [-0.15, -0.1) is 0 Å². The molecule has 7 nitrogen and oxygen atoms in total. The number of benzene rings is 1. The third-order valence-corrected chi connectivity index (χ3v) is 5.76. The molecule has 0 spiro atoms. The highest BCUT2D eigenvalue weighted by molar-refractivity contribution is 6.30. The zero-order valence-corrected chi connectivity index (χ0v) is 17.2. The van der Waals surface area contributed by atoms with Gasteiger partial charge in [0.1, 0.15) is 5.82 Å². The Bertz CT molecular complexity index is 737. The quantitative estimate of drug-likeness (QED) is 0.607. The fourth-order valence-corrected chi connectivity index (χ4v) is 4.35. The van der Waals surface area contributed by atoms with E-state index in [0.717, 1.165) is 38.3 Å². The molecular formula is C20H27ClFN3O4. The first-order chi connectivity index (χ1) is 13.8. The fraction of sp³-hybridized carbons (Fsp3) is 0.600. The Labute approximate surface area is 174 Å². The van der Waals surface area contributed by atoms with Crippen LogP contribution in [0.25, 0.3) is 0 Å². The zero-order chi connectivity index (χ0) is 21.0. The van der Waals surface area contributed by atoms with Crippen molar-refractivity contribution in [3.05, 3.63) is 34.6 Å². The van der Waals surface area contributed by atoms with E-state index in [-0.39, 0.29) is 24.0 Å². The minimum atomic E-state index is -2.16. The van der Waals surface area contributed by atoms with E-state index < -0.39 is 23.6 Å². The Hall–Kier alpha value is -1.90. The summed E-state index contributed by atoms with van der Waals surface area (Å²) < 4.78 is 18.4. The molecule has 0 radical (unpaired) electrons. The lowest BCUT2D eigenvalue weighted by atomic mass is 9.90. The van der Waals surface area contributed by atoms with Crippen LogP contribution < -0.4 is 10.6 Å². The SMILES string of the molecule is CCNC1CCC(N2CCC(O)(OC(=O)NCc3cc(F)cc(Cl)c3)C2=O)CC1. The van der Waals surface area contributed by atoms with Crippen LogP contribution in [0, 0.1) is 5.82 Å². The number of hydrogen-bond acceptors (Lipinski definition) is 5. The predicted octanol–water partition coefficient (Wildman–Crippen LogP) is 2.55. The Morgan fingerprint density at radius 2 is 2.07 bits per heavy atom. The molecule has 1 aliphatic carbocycles. The number of nitrogens with zero attached hydrogens (tertiary/aromatic N) is 1. The van der Waals surface area contributed by atoms with Crippen molar-refractivity contribution >= 4 is 23.6 Å². The molecule has 1 saturated heterocycles. The topological polar surface area (TPSA) is 90.9 Å². The normalized spacial score (nSPS) is 27.2. The molecule has 2 fully saturated rings. The van der Waals surface area contributed by atoms with E-state index in [2.05, 4.69) is 17.6 Å². The average Bonchev–Trinajstić information content (AvgIpc) is 2.95. The molecular weight excluding hydrogens is 401 g/mol. The molecule has 3 N–H and O–H groups in total. The maximum absolute atomic E-state index is 13.4. The van der Waals surface area contributed by atoms with E-state index >= 15 is 0 Å². The fourth-order valence-electron chi connectivity index (χ4n) is 4.10. The van der Waals surface area contributed by atoms with Gasteiger partial charge in [0, 0.05) is 36.6 Å². The highest BCUT2D eigenvalue weighted by Gasteiger charge is 2.51. The average molecular weight is 428 g/mol. The maximum Gasteiger partial charge on any atom is 0.410 e. The van der Waals surface area contributed by atoms with Gasteiger partial charge in [-0.2, -0.15) is 0 Å². The molecule has 2 aliphatic rings. The highest BCUT2D eigenvalue weighted by Crippen LogP contribution is 2.32. The minimum absolute atomic E-state index is 0.0260. The van der Waals surface area contributed by atoms with E-state index in [1.54, 1.807) is 4.90 Å². The van der Waals surface area contributed by atoms with E-state index in [1.807, 2.05) is 0 Å². The number of rotatable bonds is 6. The van der Waals surface area contributed by atoms with Crippen LogP contribution in [0.1, 0.15) is 44.6 Å². The van der Waals surface area contributed by atoms with Gasteiger partial charge in [0.2, 0.25) is 0 Å². The van der Waals surface area contributed by atoms with E-state index in [4.69, 9.17) is 16.3 Å². The van der Waals surface area contributed by atoms with Crippen molar-refractivity contribution in [1.29, 1.82) is 0 Å². The molecule has 0 bridgehead atoms. The molecule has 0 aromatic heterocycles. The number of amides is 2. The van der Waals surface area contributed by atoms with E-state index in [9.17, 15) is 19.1 Å². The number of hydrogen-bond donors (Lipinski definition) is 3. The third-order valence-electron chi connectivity index (χ3n) is 5.54. The summed E-state index contributed by atoms with van der Waals surface area (Å²) in [5.74, 6) is -3.26. The predicted molar refractivity (Wildman–Crippen MR) is 106 cm³/mol. The van der Waals surface area contributed by atoms with Crippen LogP contribution in [-0.4, -0.2) is 53.0 Å². The van der Waals surface area contributed by atoms with Gasteiger partial charge in [-0.3, -0.25) is 4.79 Å². The number of halogens is 2. The molecule has 29 heavy (non-hydrogen) atoms. The third kappa shape index (κ3) is 5.38. The molecule has 9 heteroatoms. The Morgan fingerprint density at radius 3 is 2.72 bits per heavy atom. The van der Waals surface area contributed by atoms with Gasteiger partial charge in [-0.05, 0) is 56.0 Å². The summed E-state index contributed by atoms with van der Waals surface area (Å²) in [4.78, 5) is 26.4. The smallest absolute Gasteiger partial charge is 0.407 e. The number of likely N-dealkylation sites (tertiary alicyclic amines) is 1. The molecule has 1 atom stereocenters. The summed E-state index contributed by atoms with van der Waals surface area (Å²) in [5, 5.41) is 16.6. The van der Waals surface area contributed by atoms with E-state index in [0.29, 0.717) is 18.2 Å². The van der Waals surface area contributed by atoms with Crippen LogP contribution in [0.2, 0.25) is 5.02 Å². The van der Waals surface area contributed by atoms with Gasteiger partial charge in [0.15, 0.2) is 0 Å². The van der Waals surface area contributed by atoms with Gasteiger partial charge in [0.25, 0.3) is 11.7 Å². The first-order valence-electron chi connectivity index (χ1n) is 9.99. The van der Waals surface area contributed by atoms with Crippen molar-refractivity contribution in [2.45, 2.75) is 63.4 Å². The largest absolute Gasteiger partial charge is 0.410 e. The summed E-state index contributed by atoms with van der Waals surface area (Å²) in [7, 11) is 0.